The average molecular weight is 357 g/mol. The molecule has 1 saturated carbocycles. The molecular weight excluding hydrogens is 326 g/mol. The van der Waals surface area contributed by atoms with Crippen molar-refractivity contribution in [3.63, 3.8) is 0 Å². The van der Waals surface area contributed by atoms with Crippen LogP contribution in [0.2, 0.25) is 0 Å². The van der Waals surface area contributed by atoms with Crippen molar-refractivity contribution in [2.24, 2.45) is 11.3 Å². The second-order valence-corrected chi connectivity index (χ2v) is 8.97. The summed E-state index contributed by atoms with van der Waals surface area (Å²) in [5, 5.41) is 6.13. The Kier molecular flexibility index (Phi) is 5.26. The highest BCUT2D eigenvalue weighted by Gasteiger charge is 2.34. The molecule has 2 aliphatic rings. The number of benzene rings is 1. The van der Waals surface area contributed by atoms with Crippen molar-refractivity contribution < 1.29 is 9.59 Å². The van der Waals surface area contributed by atoms with Crippen molar-refractivity contribution in [1.82, 2.24) is 10.6 Å². The van der Waals surface area contributed by atoms with Crippen LogP contribution in [0, 0.1) is 18.3 Å². The van der Waals surface area contributed by atoms with Crippen molar-refractivity contribution in [2.75, 3.05) is 11.4 Å². The number of nitrogens with zero attached hydrogens (tertiary/aromatic N) is 1. The van der Waals surface area contributed by atoms with E-state index < -0.39 is 0 Å². The molecule has 1 aliphatic heterocycles. The molecule has 0 unspecified atom stereocenters. The first-order chi connectivity index (χ1) is 12.2. The van der Waals surface area contributed by atoms with Gasteiger partial charge in [0.15, 0.2) is 0 Å². The fourth-order valence-corrected chi connectivity index (χ4v) is 4.65. The van der Waals surface area contributed by atoms with Crippen molar-refractivity contribution in [3.8, 4) is 0 Å². The summed E-state index contributed by atoms with van der Waals surface area (Å²) in [4.78, 5) is 26.5. The molecule has 2 N–H and O–H groups in total. The van der Waals surface area contributed by atoms with E-state index in [1.807, 2.05) is 31.2 Å². The Bertz CT molecular complexity index is 668. The van der Waals surface area contributed by atoms with Gasteiger partial charge in [0.1, 0.15) is 0 Å². The maximum atomic E-state index is 12.4. The fraction of sp³-hybridized carbons (Fsp3) is 0.619. The van der Waals surface area contributed by atoms with Gasteiger partial charge in [-0.3, -0.25) is 4.79 Å². The highest BCUT2D eigenvalue weighted by molar-refractivity contribution is 5.96. The maximum Gasteiger partial charge on any atom is 0.315 e. The SMILES string of the molecule is Cc1ccc(N2C[C@H](NC(=O)N[C@H]3C[C@H](C)CC(C)(C)C3)CC2=O)cc1. The lowest BCUT2D eigenvalue weighted by Gasteiger charge is -2.39. The molecule has 0 spiro atoms. The molecular formula is C21H31N3O2. The lowest BCUT2D eigenvalue weighted by Crippen LogP contribution is -2.50. The summed E-state index contributed by atoms with van der Waals surface area (Å²) in [5.41, 5.74) is 2.33. The molecule has 1 aromatic carbocycles. The number of amides is 3. The van der Waals surface area contributed by atoms with Crippen LogP contribution in [0.25, 0.3) is 0 Å². The van der Waals surface area contributed by atoms with Crippen LogP contribution in [0.4, 0.5) is 10.5 Å². The number of anilines is 1. The molecule has 1 aromatic rings. The second kappa shape index (κ2) is 7.29. The molecule has 1 aliphatic carbocycles. The summed E-state index contributed by atoms with van der Waals surface area (Å²) in [7, 11) is 0. The zero-order valence-corrected chi connectivity index (χ0v) is 16.3. The van der Waals surface area contributed by atoms with Crippen LogP contribution < -0.4 is 15.5 Å². The number of carbonyl (C=O) groups excluding carboxylic acids is 2. The normalized spacial score (nSPS) is 28.1. The van der Waals surface area contributed by atoms with E-state index in [4.69, 9.17) is 0 Å². The van der Waals surface area contributed by atoms with E-state index in [2.05, 4.69) is 31.4 Å². The monoisotopic (exact) mass is 357 g/mol. The third-order valence-corrected chi connectivity index (χ3v) is 5.53. The van der Waals surface area contributed by atoms with Crippen molar-refractivity contribution >= 4 is 17.6 Å². The zero-order chi connectivity index (χ0) is 18.9. The second-order valence-electron chi connectivity index (χ2n) is 8.97. The van der Waals surface area contributed by atoms with Gasteiger partial charge >= 0.3 is 6.03 Å². The van der Waals surface area contributed by atoms with Gasteiger partial charge in [0.25, 0.3) is 0 Å². The lowest BCUT2D eigenvalue weighted by molar-refractivity contribution is -0.117. The Morgan fingerprint density at radius 2 is 1.77 bits per heavy atom. The smallest absolute Gasteiger partial charge is 0.315 e. The largest absolute Gasteiger partial charge is 0.335 e. The molecule has 3 atom stereocenters. The number of hydrogen-bond donors (Lipinski definition) is 2. The van der Waals surface area contributed by atoms with Crippen molar-refractivity contribution in [1.29, 1.82) is 0 Å². The summed E-state index contributed by atoms with van der Waals surface area (Å²) < 4.78 is 0. The molecule has 26 heavy (non-hydrogen) atoms. The minimum Gasteiger partial charge on any atom is -0.335 e. The van der Waals surface area contributed by atoms with Gasteiger partial charge < -0.3 is 15.5 Å². The predicted octanol–water partition coefficient (Wildman–Crippen LogP) is 3.61. The van der Waals surface area contributed by atoms with E-state index in [9.17, 15) is 9.59 Å². The Hall–Kier alpha value is -2.04. The van der Waals surface area contributed by atoms with E-state index in [1.165, 1.54) is 12.0 Å². The Labute approximate surface area is 156 Å². The predicted molar refractivity (Wildman–Crippen MR) is 104 cm³/mol. The van der Waals surface area contributed by atoms with Crippen LogP contribution in [0.5, 0.6) is 0 Å². The number of hydrogen-bond acceptors (Lipinski definition) is 2. The van der Waals surface area contributed by atoms with Crippen LogP contribution >= 0.6 is 0 Å². The van der Waals surface area contributed by atoms with Gasteiger partial charge in [0.2, 0.25) is 5.91 Å². The quantitative estimate of drug-likeness (QED) is 0.868. The van der Waals surface area contributed by atoms with Gasteiger partial charge in [-0.1, -0.05) is 38.5 Å². The minimum absolute atomic E-state index is 0.0616. The summed E-state index contributed by atoms with van der Waals surface area (Å²) in [6.45, 7) is 9.34. The van der Waals surface area contributed by atoms with Crippen LogP contribution in [-0.2, 0) is 4.79 Å². The highest BCUT2D eigenvalue weighted by Crippen LogP contribution is 2.38. The summed E-state index contributed by atoms with van der Waals surface area (Å²) in [6, 6.07) is 7.84. The third-order valence-electron chi connectivity index (χ3n) is 5.53. The number of urea groups is 1. The Morgan fingerprint density at radius 3 is 2.42 bits per heavy atom. The fourth-order valence-electron chi connectivity index (χ4n) is 4.65. The molecule has 0 radical (unpaired) electrons. The van der Waals surface area contributed by atoms with Crippen LogP contribution in [-0.4, -0.2) is 30.6 Å². The van der Waals surface area contributed by atoms with Crippen molar-refractivity contribution in [3.05, 3.63) is 29.8 Å². The lowest BCUT2D eigenvalue weighted by atomic mass is 9.71. The van der Waals surface area contributed by atoms with E-state index in [-0.39, 0.29) is 29.4 Å². The molecule has 2 fully saturated rings. The highest BCUT2D eigenvalue weighted by atomic mass is 16.2. The number of carbonyl (C=O) groups is 2. The van der Waals surface area contributed by atoms with E-state index in [1.54, 1.807) is 4.90 Å². The van der Waals surface area contributed by atoms with Gasteiger partial charge in [-0.15, -0.1) is 0 Å². The first-order valence-corrected chi connectivity index (χ1v) is 9.66. The molecule has 142 valence electrons. The summed E-state index contributed by atoms with van der Waals surface area (Å²) >= 11 is 0. The number of rotatable bonds is 3. The van der Waals surface area contributed by atoms with Crippen LogP contribution in [0.3, 0.4) is 0 Å². The average Bonchev–Trinajstić information content (AvgIpc) is 2.86. The van der Waals surface area contributed by atoms with Gasteiger partial charge in [-0.25, -0.2) is 4.79 Å². The van der Waals surface area contributed by atoms with Crippen LogP contribution in [0.15, 0.2) is 24.3 Å². The molecule has 1 heterocycles. The van der Waals surface area contributed by atoms with Gasteiger partial charge in [0, 0.05) is 24.7 Å². The van der Waals surface area contributed by atoms with Crippen LogP contribution in [0.1, 0.15) is 52.0 Å². The molecule has 0 bridgehead atoms. The molecule has 5 heteroatoms. The summed E-state index contributed by atoms with van der Waals surface area (Å²) in [5.74, 6) is 0.681. The Balaban J connectivity index is 1.54. The maximum absolute atomic E-state index is 12.4. The molecule has 5 nitrogen and oxygen atoms in total. The van der Waals surface area contributed by atoms with Crippen molar-refractivity contribution in [2.45, 2.75) is 65.5 Å². The molecule has 3 amide bonds. The van der Waals surface area contributed by atoms with E-state index in [0.717, 1.165) is 18.5 Å². The first kappa shape index (κ1) is 18.7. The number of aryl methyl sites for hydroxylation is 1. The van der Waals surface area contributed by atoms with Gasteiger partial charge in [0.05, 0.1) is 6.04 Å². The first-order valence-electron chi connectivity index (χ1n) is 9.66. The third kappa shape index (κ3) is 4.57. The van der Waals surface area contributed by atoms with E-state index in [0.29, 0.717) is 18.9 Å². The Morgan fingerprint density at radius 1 is 1.12 bits per heavy atom. The zero-order valence-electron chi connectivity index (χ0n) is 16.3. The van der Waals surface area contributed by atoms with Gasteiger partial charge in [-0.05, 0) is 49.7 Å². The van der Waals surface area contributed by atoms with Gasteiger partial charge in [-0.2, -0.15) is 0 Å². The summed E-state index contributed by atoms with van der Waals surface area (Å²) in [6.07, 6.45) is 3.59. The molecule has 3 rings (SSSR count). The van der Waals surface area contributed by atoms with E-state index >= 15 is 0 Å². The topological polar surface area (TPSA) is 61.4 Å². The molecule has 0 aromatic heterocycles. The number of nitrogens with one attached hydrogen (secondary N) is 2. The minimum atomic E-state index is -0.150. The molecule has 1 saturated heterocycles. The standard InChI is InChI=1S/C21H31N3O2/c1-14-5-7-18(8-6-14)24-13-17(10-19(24)25)23-20(26)22-16-9-15(2)11-21(3,4)12-16/h5-8,15-17H,9-13H2,1-4H3,(H2,22,23,26)/t15-,16-,17+/m0/s1.